The molecule has 0 fully saturated rings. The highest BCUT2D eigenvalue weighted by molar-refractivity contribution is 14.0. The maximum Gasteiger partial charge on any atom is 0.191 e. The van der Waals surface area contributed by atoms with Crippen LogP contribution in [0.25, 0.3) is 0 Å². The van der Waals surface area contributed by atoms with Gasteiger partial charge in [-0.15, -0.1) is 24.0 Å². The molecule has 0 heterocycles. The molecule has 7 heteroatoms. The minimum atomic E-state index is -0.682. The average molecular weight is 527 g/mol. The molecule has 0 saturated carbocycles. The van der Waals surface area contributed by atoms with E-state index in [-0.39, 0.29) is 30.5 Å². The lowest BCUT2D eigenvalue weighted by atomic mass is 9.98. The van der Waals surface area contributed by atoms with Gasteiger partial charge in [-0.3, -0.25) is 4.99 Å². The van der Waals surface area contributed by atoms with Crippen molar-refractivity contribution >= 4 is 29.9 Å². The van der Waals surface area contributed by atoms with Crippen LogP contribution in [0, 0.1) is 0 Å². The summed E-state index contributed by atoms with van der Waals surface area (Å²) in [4.78, 5) is 4.52. The summed E-state index contributed by atoms with van der Waals surface area (Å²) in [6.45, 7) is 6.05. The summed E-state index contributed by atoms with van der Waals surface area (Å²) in [5.74, 6) is 2.72. The second-order valence-electron chi connectivity index (χ2n) is 6.90. The number of nitrogens with one attached hydrogen (secondary N) is 2. The van der Waals surface area contributed by atoms with Crippen molar-refractivity contribution in [3.8, 4) is 11.5 Å². The van der Waals surface area contributed by atoms with Gasteiger partial charge in [0.15, 0.2) is 5.96 Å². The summed E-state index contributed by atoms with van der Waals surface area (Å²) < 4.78 is 10.4. The second-order valence-corrected chi connectivity index (χ2v) is 6.90. The minimum Gasteiger partial charge on any atom is -0.497 e. The predicted octanol–water partition coefficient (Wildman–Crippen LogP) is 4.10. The summed E-state index contributed by atoms with van der Waals surface area (Å²) in [5.41, 5.74) is 2.07. The van der Waals surface area contributed by atoms with Crippen molar-refractivity contribution in [1.29, 1.82) is 0 Å². The molecule has 0 aliphatic heterocycles. The lowest BCUT2D eigenvalue weighted by molar-refractivity contribution is 0.186. The molecule has 2 aromatic rings. The average Bonchev–Trinajstić information content (AvgIpc) is 2.77. The molecule has 2 atom stereocenters. The largest absolute Gasteiger partial charge is 0.497 e. The van der Waals surface area contributed by atoms with Gasteiger partial charge < -0.3 is 25.2 Å². The monoisotopic (exact) mass is 527 g/mol. The maximum absolute atomic E-state index is 10.4. The van der Waals surface area contributed by atoms with Gasteiger partial charge in [0.25, 0.3) is 0 Å². The summed E-state index contributed by atoms with van der Waals surface area (Å²) in [5, 5.41) is 17.0. The van der Waals surface area contributed by atoms with Crippen molar-refractivity contribution < 1.29 is 14.6 Å². The van der Waals surface area contributed by atoms with Gasteiger partial charge in [-0.2, -0.15) is 0 Å². The number of methoxy groups -OCH3 is 2. The van der Waals surface area contributed by atoms with Crippen LogP contribution in [0.1, 0.15) is 43.4 Å². The summed E-state index contributed by atoms with van der Waals surface area (Å²) in [7, 11) is 3.29. The highest BCUT2D eigenvalue weighted by Crippen LogP contribution is 2.21. The Morgan fingerprint density at radius 2 is 1.70 bits per heavy atom. The molecule has 0 saturated heterocycles. The number of aliphatic hydroxyl groups is 1. The highest BCUT2D eigenvalue weighted by atomic mass is 127. The molecule has 30 heavy (non-hydrogen) atoms. The molecular weight excluding hydrogens is 493 g/mol. The lowest BCUT2D eigenvalue weighted by Gasteiger charge is -2.16. The first-order chi connectivity index (χ1) is 14.1. The van der Waals surface area contributed by atoms with Gasteiger partial charge in [0.05, 0.1) is 26.9 Å². The first-order valence-electron chi connectivity index (χ1n) is 10.1. The van der Waals surface area contributed by atoms with Crippen LogP contribution >= 0.6 is 24.0 Å². The van der Waals surface area contributed by atoms with E-state index in [1.54, 1.807) is 14.2 Å². The zero-order chi connectivity index (χ0) is 21.1. The van der Waals surface area contributed by atoms with Crippen LogP contribution in [0.15, 0.2) is 53.5 Å². The van der Waals surface area contributed by atoms with Gasteiger partial charge in [0.2, 0.25) is 0 Å². The Kier molecular flexibility index (Phi) is 12.2. The molecule has 0 radical (unpaired) electrons. The molecule has 2 unspecified atom stereocenters. The van der Waals surface area contributed by atoms with Gasteiger partial charge in [-0.25, -0.2) is 0 Å². The predicted molar refractivity (Wildman–Crippen MR) is 133 cm³/mol. The van der Waals surface area contributed by atoms with E-state index < -0.39 is 6.10 Å². The number of aliphatic imine (C=N–C) groups is 1. The molecule has 0 aliphatic carbocycles. The van der Waals surface area contributed by atoms with Crippen LogP contribution in [0.3, 0.4) is 0 Å². The molecule has 3 N–H and O–H groups in total. The van der Waals surface area contributed by atoms with E-state index in [0.717, 1.165) is 36.6 Å². The number of benzene rings is 2. The van der Waals surface area contributed by atoms with Crippen LogP contribution in [0.4, 0.5) is 0 Å². The number of nitrogens with zero attached hydrogens (tertiary/aromatic N) is 1. The third kappa shape index (κ3) is 8.39. The number of ether oxygens (including phenoxy) is 2. The molecule has 0 aliphatic rings. The molecule has 0 bridgehead atoms. The number of rotatable bonds is 10. The normalized spacial score (nSPS) is 13.0. The smallest absolute Gasteiger partial charge is 0.191 e. The number of aliphatic hydroxyl groups excluding tert-OH is 1. The van der Waals surface area contributed by atoms with Crippen molar-refractivity contribution in [1.82, 2.24) is 10.6 Å². The molecule has 166 valence electrons. The summed E-state index contributed by atoms with van der Waals surface area (Å²) in [6, 6.07) is 15.6. The van der Waals surface area contributed by atoms with Gasteiger partial charge in [0.1, 0.15) is 11.5 Å². The van der Waals surface area contributed by atoms with Crippen molar-refractivity contribution in [2.24, 2.45) is 4.99 Å². The maximum atomic E-state index is 10.4. The van der Waals surface area contributed by atoms with E-state index in [1.165, 1.54) is 5.56 Å². The Morgan fingerprint density at radius 1 is 1.00 bits per heavy atom. The lowest BCUT2D eigenvalue weighted by Crippen LogP contribution is -2.38. The SMILES string of the molecule is CCNC(=NCC(O)c1cccc(OC)c1)NCCC(C)c1ccc(OC)cc1.I. The van der Waals surface area contributed by atoms with Crippen LogP contribution in [0.5, 0.6) is 11.5 Å². The number of hydrogen-bond donors (Lipinski definition) is 3. The second kappa shape index (κ2) is 14.1. The third-order valence-electron chi connectivity index (χ3n) is 4.80. The third-order valence-corrected chi connectivity index (χ3v) is 4.80. The first kappa shape index (κ1) is 26.0. The molecule has 0 amide bonds. The van der Waals surface area contributed by atoms with Crippen LogP contribution in [-0.2, 0) is 0 Å². The van der Waals surface area contributed by atoms with Crippen LogP contribution in [-0.4, -0.2) is 44.9 Å². The van der Waals surface area contributed by atoms with Crippen molar-refractivity contribution in [3.63, 3.8) is 0 Å². The van der Waals surface area contributed by atoms with Gasteiger partial charge in [-0.1, -0.05) is 31.2 Å². The highest BCUT2D eigenvalue weighted by Gasteiger charge is 2.10. The van der Waals surface area contributed by atoms with Gasteiger partial charge in [0, 0.05) is 13.1 Å². The van der Waals surface area contributed by atoms with Gasteiger partial charge >= 0.3 is 0 Å². The van der Waals surface area contributed by atoms with Crippen LogP contribution in [0.2, 0.25) is 0 Å². The minimum absolute atomic E-state index is 0. The van der Waals surface area contributed by atoms with E-state index in [1.807, 2.05) is 43.3 Å². The summed E-state index contributed by atoms with van der Waals surface area (Å²) >= 11 is 0. The van der Waals surface area contributed by atoms with Crippen molar-refractivity contribution in [2.45, 2.75) is 32.3 Å². The fraction of sp³-hybridized carbons (Fsp3) is 0.435. The molecular formula is C23H34IN3O3. The van der Waals surface area contributed by atoms with Crippen LogP contribution < -0.4 is 20.1 Å². The Balaban J connectivity index is 0.00000450. The Bertz CT molecular complexity index is 769. The number of halogens is 1. The standard InChI is InChI=1S/C23H33N3O3.HI/c1-5-24-23(26-16-22(27)19-7-6-8-21(15-19)29-4)25-14-13-17(2)18-9-11-20(28-3)12-10-18;/h6-12,15,17,22,27H,5,13-14,16H2,1-4H3,(H2,24,25,26);1H. The quantitative estimate of drug-likeness (QED) is 0.247. The Labute approximate surface area is 197 Å². The van der Waals surface area contributed by atoms with E-state index in [2.05, 4.69) is 34.7 Å². The number of guanidine groups is 1. The summed E-state index contributed by atoms with van der Waals surface area (Å²) in [6.07, 6.45) is 0.286. The first-order valence-corrected chi connectivity index (χ1v) is 10.1. The molecule has 2 aromatic carbocycles. The molecule has 0 aromatic heterocycles. The van der Waals surface area contributed by atoms with Gasteiger partial charge in [-0.05, 0) is 54.7 Å². The zero-order valence-electron chi connectivity index (χ0n) is 18.2. The van der Waals surface area contributed by atoms with E-state index >= 15 is 0 Å². The fourth-order valence-corrected chi connectivity index (χ4v) is 2.98. The molecule has 0 spiro atoms. The topological polar surface area (TPSA) is 75.1 Å². The fourth-order valence-electron chi connectivity index (χ4n) is 2.98. The Hall–Kier alpha value is -2.00. The molecule has 2 rings (SSSR count). The Morgan fingerprint density at radius 3 is 2.33 bits per heavy atom. The van der Waals surface area contributed by atoms with E-state index in [0.29, 0.717) is 11.9 Å². The van der Waals surface area contributed by atoms with Crippen molar-refractivity contribution in [3.05, 3.63) is 59.7 Å². The van der Waals surface area contributed by atoms with E-state index in [9.17, 15) is 5.11 Å². The molecule has 6 nitrogen and oxygen atoms in total. The van der Waals surface area contributed by atoms with E-state index in [4.69, 9.17) is 9.47 Å². The number of hydrogen-bond acceptors (Lipinski definition) is 4. The zero-order valence-corrected chi connectivity index (χ0v) is 20.6. The van der Waals surface area contributed by atoms with Crippen molar-refractivity contribution in [2.75, 3.05) is 33.9 Å².